The fraction of sp³-hybridized carbons (Fsp3) is 0.533. The van der Waals surface area contributed by atoms with E-state index < -0.39 is 6.29 Å². The fourth-order valence-corrected chi connectivity index (χ4v) is 2.12. The molecule has 2 N–H and O–H groups in total. The van der Waals surface area contributed by atoms with Gasteiger partial charge in [0.05, 0.1) is 5.60 Å². The Morgan fingerprint density at radius 1 is 1.53 bits per heavy atom. The Kier molecular flexibility index (Phi) is 6.28. The van der Waals surface area contributed by atoms with Crippen molar-refractivity contribution in [1.82, 2.24) is 5.32 Å². The first-order valence-corrected chi connectivity index (χ1v) is 7.14. The second-order valence-corrected chi connectivity index (χ2v) is 6.18. The van der Waals surface area contributed by atoms with Crippen LogP contribution in [0.2, 0.25) is 0 Å². The molecule has 0 bridgehead atoms. The van der Waals surface area contributed by atoms with Crippen molar-refractivity contribution in [3.8, 4) is 0 Å². The summed E-state index contributed by atoms with van der Waals surface area (Å²) in [6.45, 7) is 8.94. The summed E-state index contributed by atoms with van der Waals surface area (Å²) in [5.74, 6) is 0. The predicted molar refractivity (Wildman–Crippen MR) is 83.6 cm³/mol. The Bertz CT molecular complexity index is 391. The van der Waals surface area contributed by atoms with Crippen molar-refractivity contribution in [1.29, 1.82) is 0 Å². The zero-order chi connectivity index (χ0) is 14.5. The maximum atomic E-state index is 9.72. The molecule has 0 saturated heterocycles. The topological polar surface area (TPSA) is 41.5 Å². The molecule has 2 unspecified atom stereocenters. The standard InChI is InChI=1S/C15H25NO2P/c1-5-11-6-7-12(13(19)8-11)9-16-10-14(17)18-15(2,3)4/h5-8,14,16-17H,9-10,19H2,1-4H3/q-1/b11-5+. The molecule has 0 spiro atoms. The van der Waals surface area contributed by atoms with Gasteiger partial charge < -0.3 is 15.2 Å². The van der Waals surface area contributed by atoms with E-state index >= 15 is 0 Å². The van der Waals surface area contributed by atoms with Gasteiger partial charge in [-0.05, 0) is 27.3 Å². The smallest absolute Gasteiger partial charge is 0.167 e. The summed E-state index contributed by atoms with van der Waals surface area (Å²) in [6.07, 6.45) is 7.61. The van der Waals surface area contributed by atoms with Crippen molar-refractivity contribution in [2.75, 3.05) is 13.1 Å². The molecule has 19 heavy (non-hydrogen) atoms. The molecule has 1 rings (SSSR count). The first-order chi connectivity index (χ1) is 8.81. The van der Waals surface area contributed by atoms with Gasteiger partial charge in [0.1, 0.15) is 0 Å². The SMILES string of the molecule is C/C=C1/C=C(P)C(CNCC(O)OC(C)(C)C)=C[CH-]1. The zero-order valence-corrected chi connectivity index (χ0v) is 13.4. The number of rotatable bonds is 5. The van der Waals surface area contributed by atoms with Crippen LogP contribution in [0.1, 0.15) is 27.7 Å². The summed E-state index contributed by atoms with van der Waals surface area (Å²) < 4.78 is 5.43. The van der Waals surface area contributed by atoms with Gasteiger partial charge in [-0.2, -0.15) is 11.6 Å². The molecule has 0 aromatic carbocycles. The van der Waals surface area contributed by atoms with E-state index in [1.54, 1.807) is 0 Å². The van der Waals surface area contributed by atoms with E-state index in [9.17, 15) is 5.11 Å². The maximum absolute atomic E-state index is 9.72. The molecular formula is C15H25NO2P-. The van der Waals surface area contributed by atoms with E-state index in [2.05, 4.69) is 39.2 Å². The molecule has 1 aliphatic carbocycles. The van der Waals surface area contributed by atoms with Gasteiger partial charge in [0.2, 0.25) is 0 Å². The highest BCUT2D eigenvalue weighted by atomic mass is 31.0. The molecule has 3 nitrogen and oxygen atoms in total. The molecule has 0 heterocycles. The lowest BCUT2D eigenvalue weighted by Crippen LogP contribution is -2.36. The van der Waals surface area contributed by atoms with E-state index in [-0.39, 0.29) is 5.60 Å². The van der Waals surface area contributed by atoms with Crippen LogP contribution in [-0.4, -0.2) is 30.1 Å². The van der Waals surface area contributed by atoms with Gasteiger partial charge in [0, 0.05) is 6.54 Å². The van der Waals surface area contributed by atoms with Gasteiger partial charge in [0.25, 0.3) is 0 Å². The van der Waals surface area contributed by atoms with Gasteiger partial charge in [-0.25, -0.2) is 0 Å². The summed E-state index contributed by atoms with van der Waals surface area (Å²) in [7, 11) is 2.75. The molecule has 1 aliphatic rings. The number of aliphatic hydroxyl groups is 1. The molecule has 0 radical (unpaired) electrons. The van der Waals surface area contributed by atoms with Gasteiger partial charge in [0.15, 0.2) is 6.29 Å². The van der Waals surface area contributed by atoms with Crippen molar-refractivity contribution >= 4 is 9.24 Å². The van der Waals surface area contributed by atoms with E-state index in [1.165, 1.54) is 16.5 Å². The second kappa shape index (κ2) is 7.25. The Hall–Kier alpha value is -0.600. The number of nitrogens with one attached hydrogen (secondary N) is 1. The molecule has 108 valence electrons. The minimum atomic E-state index is -0.781. The van der Waals surface area contributed by atoms with E-state index in [4.69, 9.17) is 4.74 Å². The summed E-state index contributed by atoms with van der Waals surface area (Å²) in [5.41, 5.74) is 2.09. The highest BCUT2D eigenvalue weighted by Gasteiger charge is 2.15. The third kappa shape index (κ3) is 6.40. The lowest BCUT2D eigenvalue weighted by atomic mass is 10.0. The molecule has 0 saturated carbocycles. The van der Waals surface area contributed by atoms with Crippen molar-refractivity contribution in [3.05, 3.63) is 41.1 Å². The van der Waals surface area contributed by atoms with Crippen LogP contribution in [0.3, 0.4) is 0 Å². The summed E-state index contributed by atoms with van der Waals surface area (Å²) >= 11 is 0. The van der Waals surface area contributed by atoms with Crippen molar-refractivity contribution in [2.24, 2.45) is 0 Å². The molecule has 0 aromatic heterocycles. The molecular weight excluding hydrogens is 257 g/mol. The lowest BCUT2D eigenvalue weighted by Gasteiger charge is -2.26. The Labute approximate surface area is 119 Å². The molecule has 0 fully saturated rings. The highest BCUT2D eigenvalue weighted by molar-refractivity contribution is 7.23. The van der Waals surface area contributed by atoms with Crippen LogP contribution < -0.4 is 5.32 Å². The molecule has 0 amide bonds. The summed E-state index contributed by atoms with van der Waals surface area (Å²) in [4.78, 5) is 0. The third-order valence-electron chi connectivity index (χ3n) is 2.63. The first kappa shape index (κ1) is 16.5. The normalized spacial score (nSPS) is 19.8. The van der Waals surface area contributed by atoms with Gasteiger partial charge >= 0.3 is 0 Å². The van der Waals surface area contributed by atoms with Crippen molar-refractivity contribution in [3.63, 3.8) is 0 Å². The number of hydrogen-bond donors (Lipinski definition) is 2. The predicted octanol–water partition coefficient (Wildman–Crippen LogP) is 2.56. The van der Waals surface area contributed by atoms with E-state index in [0.29, 0.717) is 13.1 Å². The van der Waals surface area contributed by atoms with Crippen LogP contribution in [0.25, 0.3) is 0 Å². The second-order valence-electron chi connectivity index (χ2n) is 5.56. The van der Waals surface area contributed by atoms with Crippen LogP contribution in [0.5, 0.6) is 0 Å². The van der Waals surface area contributed by atoms with Crippen molar-refractivity contribution < 1.29 is 9.84 Å². The van der Waals surface area contributed by atoms with Crippen LogP contribution in [0.4, 0.5) is 0 Å². The van der Waals surface area contributed by atoms with Crippen LogP contribution in [-0.2, 0) is 4.74 Å². The average Bonchev–Trinajstić information content (AvgIpc) is 2.28. The van der Waals surface area contributed by atoms with Crippen LogP contribution in [0, 0.1) is 6.42 Å². The summed E-state index contributed by atoms with van der Waals surface area (Å²) in [6, 6.07) is 0. The average molecular weight is 282 g/mol. The van der Waals surface area contributed by atoms with Gasteiger partial charge in [-0.1, -0.05) is 6.92 Å². The Morgan fingerprint density at radius 3 is 2.74 bits per heavy atom. The number of aliphatic hydroxyl groups excluding tert-OH is 1. The largest absolute Gasteiger partial charge is 0.367 e. The summed E-state index contributed by atoms with van der Waals surface area (Å²) in [5, 5.41) is 14.1. The quantitative estimate of drug-likeness (QED) is 0.462. The third-order valence-corrected chi connectivity index (χ3v) is 3.16. The minimum Gasteiger partial charge on any atom is -0.367 e. The number of allylic oxidation sites excluding steroid dienone is 4. The molecule has 0 aromatic rings. The van der Waals surface area contributed by atoms with Gasteiger partial charge in [-0.15, -0.1) is 38.7 Å². The minimum absolute atomic E-state index is 0.328. The van der Waals surface area contributed by atoms with Gasteiger partial charge in [-0.3, -0.25) is 0 Å². The van der Waals surface area contributed by atoms with E-state index in [0.717, 1.165) is 0 Å². The maximum Gasteiger partial charge on any atom is 0.167 e. The van der Waals surface area contributed by atoms with Crippen molar-refractivity contribution in [2.45, 2.75) is 39.6 Å². The number of ether oxygens (including phenoxy) is 1. The fourth-order valence-electron chi connectivity index (χ4n) is 1.73. The molecule has 0 aliphatic heterocycles. The Balaban J connectivity index is 2.35. The molecule has 4 heteroatoms. The highest BCUT2D eigenvalue weighted by Crippen LogP contribution is 2.25. The first-order valence-electron chi connectivity index (χ1n) is 6.56. The monoisotopic (exact) mass is 282 g/mol. The van der Waals surface area contributed by atoms with Crippen LogP contribution >= 0.6 is 9.24 Å². The zero-order valence-electron chi connectivity index (χ0n) is 12.2. The number of hydrogen-bond acceptors (Lipinski definition) is 3. The lowest BCUT2D eigenvalue weighted by molar-refractivity contribution is -0.162. The van der Waals surface area contributed by atoms with Crippen LogP contribution in [0.15, 0.2) is 34.7 Å². The molecule has 2 atom stereocenters. The van der Waals surface area contributed by atoms with E-state index in [1.807, 2.05) is 27.7 Å². The Morgan fingerprint density at radius 2 is 2.21 bits per heavy atom.